The molecule has 0 spiro atoms. The number of rotatable bonds is 8. The molecule has 0 aromatic heterocycles. The van der Waals surface area contributed by atoms with Crippen molar-refractivity contribution in [3.8, 4) is 0 Å². The van der Waals surface area contributed by atoms with E-state index in [1.165, 1.54) is 0 Å². The monoisotopic (exact) mass is 298 g/mol. The van der Waals surface area contributed by atoms with E-state index in [0.717, 1.165) is 41.4 Å². The number of anilines is 1. The van der Waals surface area contributed by atoms with Gasteiger partial charge in [0.2, 0.25) is 0 Å². The van der Waals surface area contributed by atoms with Crippen LogP contribution in [0.1, 0.15) is 25.8 Å². The number of benzene rings is 1. The molecule has 5 heteroatoms. The number of nitrogens with zero attached hydrogens (tertiary/aromatic N) is 1. The van der Waals surface area contributed by atoms with Crippen LogP contribution in [0.4, 0.5) is 5.69 Å². The molecule has 0 bridgehead atoms. The number of aliphatic hydroxyl groups excluding tert-OH is 1. The fourth-order valence-corrected chi connectivity index (χ4v) is 3.14. The first-order chi connectivity index (χ1) is 9.15. The predicted octanol–water partition coefficient (Wildman–Crippen LogP) is 2.64. The molecule has 0 aliphatic carbocycles. The highest BCUT2D eigenvalue weighted by molar-refractivity contribution is 7.99. The fourth-order valence-electron chi connectivity index (χ4n) is 2.02. The minimum absolute atomic E-state index is 0.197. The van der Waals surface area contributed by atoms with Crippen LogP contribution in [0, 0.1) is 0 Å². The molecule has 0 fully saturated rings. The van der Waals surface area contributed by atoms with Crippen molar-refractivity contribution >= 4 is 34.7 Å². The van der Waals surface area contributed by atoms with E-state index in [1.807, 2.05) is 6.07 Å². The molecule has 3 N–H and O–H groups in total. The van der Waals surface area contributed by atoms with Gasteiger partial charge in [-0.05, 0) is 31.2 Å². The topological polar surface area (TPSA) is 49.5 Å². The molecule has 19 heavy (non-hydrogen) atoms. The van der Waals surface area contributed by atoms with Crippen LogP contribution in [-0.2, 0) is 0 Å². The Bertz CT molecular complexity index is 424. The molecule has 3 nitrogen and oxygen atoms in total. The highest BCUT2D eigenvalue weighted by Gasteiger charge is 2.15. The molecule has 0 saturated heterocycles. The highest BCUT2D eigenvalue weighted by atomic mass is 32.2. The summed E-state index contributed by atoms with van der Waals surface area (Å²) in [7, 11) is 0. The molecule has 0 amide bonds. The van der Waals surface area contributed by atoms with Crippen LogP contribution in [0.25, 0.3) is 0 Å². The molecule has 106 valence electrons. The summed E-state index contributed by atoms with van der Waals surface area (Å²) in [6.07, 6.45) is 0.746. The van der Waals surface area contributed by atoms with Crippen molar-refractivity contribution in [2.24, 2.45) is 5.73 Å². The lowest BCUT2D eigenvalue weighted by molar-refractivity contribution is 0.289. The number of hydrogen-bond acceptors (Lipinski definition) is 4. The molecular formula is C14H22N2OS2. The predicted molar refractivity (Wildman–Crippen MR) is 88.3 cm³/mol. The lowest BCUT2D eigenvalue weighted by Gasteiger charge is -2.26. The van der Waals surface area contributed by atoms with Gasteiger partial charge in [-0.1, -0.05) is 25.2 Å². The van der Waals surface area contributed by atoms with Crippen LogP contribution in [0.15, 0.2) is 23.1 Å². The summed E-state index contributed by atoms with van der Waals surface area (Å²) in [5.41, 5.74) is 7.94. The average Bonchev–Trinajstić information content (AvgIpc) is 2.40. The molecule has 0 aliphatic rings. The van der Waals surface area contributed by atoms with Crippen LogP contribution in [0.3, 0.4) is 0 Å². The summed E-state index contributed by atoms with van der Waals surface area (Å²) in [5.74, 6) is 0.988. The lowest BCUT2D eigenvalue weighted by atomic mass is 10.1. The van der Waals surface area contributed by atoms with Crippen LogP contribution in [0.2, 0.25) is 0 Å². The summed E-state index contributed by atoms with van der Waals surface area (Å²) in [6, 6.07) is 6.15. The summed E-state index contributed by atoms with van der Waals surface area (Å²) in [6.45, 7) is 6.09. The zero-order chi connectivity index (χ0) is 14.3. The van der Waals surface area contributed by atoms with Gasteiger partial charge in [0.25, 0.3) is 0 Å². The van der Waals surface area contributed by atoms with Gasteiger partial charge in [0, 0.05) is 35.8 Å². The second-order valence-electron chi connectivity index (χ2n) is 4.10. The third-order valence-electron chi connectivity index (χ3n) is 2.86. The van der Waals surface area contributed by atoms with E-state index in [-0.39, 0.29) is 6.61 Å². The van der Waals surface area contributed by atoms with E-state index in [4.69, 9.17) is 23.1 Å². The van der Waals surface area contributed by atoms with Gasteiger partial charge in [0.1, 0.15) is 4.99 Å². The van der Waals surface area contributed by atoms with Crippen molar-refractivity contribution in [2.75, 3.05) is 30.3 Å². The smallest absolute Gasteiger partial charge is 0.107 e. The first-order valence-corrected chi connectivity index (χ1v) is 7.96. The summed E-state index contributed by atoms with van der Waals surface area (Å²) in [5, 5.41) is 8.99. The second kappa shape index (κ2) is 8.40. The van der Waals surface area contributed by atoms with E-state index in [9.17, 15) is 0 Å². The Kier molecular flexibility index (Phi) is 7.20. The van der Waals surface area contributed by atoms with Gasteiger partial charge < -0.3 is 15.7 Å². The maximum absolute atomic E-state index is 8.99. The Morgan fingerprint density at radius 3 is 2.68 bits per heavy atom. The molecule has 1 aromatic carbocycles. The first-order valence-electron chi connectivity index (χ1n) is 6.57. The fraction of sp³-hybridized carbons (Fsp3) is 0.500. The van der Waals surface area contributed by atoms with Gasteiger partial charge in [-0.25, -0.2) is 0 Å². The minimum atomic E-state index is 0.197. The molecule has 0 aliphatic heterocycles. The number of nitrogens with two attached hydrogens (primary N) is 1. The maximum atomic E-state index is 8.99. The van der Waals surface area contributed by atoms with Crippen molar-refractivity contribution in [1.82, 2.24) is 0 Å². The normalized spacial score (nSPS) is 10.5. The average molecular weight is 298 g/mol. The minimum Gasteiger partial charge on any atom is -0.396 e. The zero-order valence-electron chi connectivity index (χ0n) is 11.6. The van der Waals surface area contributed by atoms with Crippen molar-refractivity contribution < 1.29 is 5.11 Å². The van der Waals surface area contributed by atoms with Gasteiger partial charge in [-0.3, -0.25) is 0 Å². The van der Waals surface area contributed by atoms with Gasteiger partial charge in [0.15, 0.2) is 0 Å². The van der Waals surface area contributed by atoms with Crippen molar-refractivity contribution in [3.05, 3.63) is 23.8 Å². The maximum Gasteiger partial charge on any atom is 0.107 e. The quantitative estimate of drug-likeness (QED) is 0.571. The largest absolute Gasteiger partial charge is 0.396 e. The number of hydrogen-bond donors (Lipinski definition) is 2. The van der Waals surface area contributed by atoms with Crippen molar-refractivity contribution in [1.29, 1.82) is 0 Å². The van der Waals surface area contributed by atoms with Crippen LogP contribution >= 0.6 is 24.0 Å². The van der Waals surface area contributed by atoms with Gasteiger partial charge >= 0.3 is 0 Å². The van der Waals surface area contributed by atoms with Crippen LogP contribution in [-0.4, -0.2) is 35.5 Å². The molecule has 0 radical (unpaired) electrons. The zero-order valence-corrected chi connectivity index (χ0v) is 13.2. The number of thiocarbonyl (C=S) groups is 1. The number of thioether (sulfide) groups is 1. The molecule has 0 atom stereocenters. The molecule has 1 rings (SSSR count). The van der Waals surface area contributed by atoms with Crippen molar-refractivity contribution in [2.45, 2.75) is 25.2 Å². The van der Waals surface area contributed by atoms with E-state index >= 15 is 0 Å². The Labute approximate surface area is 125 Å². The highest BCUT2D eigenvalue weighted by Crippen LogP contribution is 2.31. The van der Waals surface area contributed by atoms with Crippen molar-refractivity contribution in [3.63, 3.8) is 0 Å². The first kappa shape index (κ1) is 16.3. The van der Waals surface area contributed by atoms with Gasteiger partial charge in [-0.2, -0.15) is 0 Å². The molecular weight excluding hydrogens is 276 g/mol. The van der Waals surface area contributed by atoms with Gasteiger partial charge in [0.05, 0.1) is 0 Å². The standard InChI is InChI=1S/C14H22N2OS2/c1-3-16(9-6-10-17)11-7-5-8-12(19-4-2)13(11)14(15)18/h5,7-8,17H,3-4,6,9-10H2,1-2H3,(H2,15,18). The summed E-state index contributed by atoms with van der Waals surface area (Å²) in [4.78, 5) is 3.79. The Morgan fingerprint density at radius 2 is 2.16 bits per heavy atom. The third kappa shape index (κ3) is 4.37. The van der Waals surface area contributed by atoms with Crippen LogP contribution in [0.5, 0.6) is 0 Å². The number of aliphatic hydroxyl groups is 1. The molecule has 1 aromatic rings. The molecule has 0 unspecified atom stereocenters. The molecule has 0 heterocycles. The summed E-state index contributed by atoms with van der Waals surface area (Å²) < 4.78 is 0. The van der Waals surface area contributed by atoms with E-state index in [0.29, 0.717) is 4.99 Å². The van der Waals surface area contributed by atoms with Crippen LogP contribution < -0.4 is 10.6 Å². The Hall–Kier alpha value is -0.780. The van der Waals surface area contributed by atoms with E-state index in [1.54, 1.807) is 11.8 Å². The Balaban J connectivity index is 3.16. The Morgan fingerprint density at radius 1 is 1.42 bits per heavy atom. The second-order valence-corrected chi connectivity index (χ2v) is 5.85. The lowest BCUT2D eigenvalue weighted by Crippen LogP contribution is -2.28. The van der Waals surface area contributed by atoms with Gasteiger partial charge in [-0.15, -0.1) is 11.8 Å². The summed E-state index contributed by atoms with van der Waals surface area (Å²) >= 11 is 6.97. The third-order valence-corrected chi connectivity index (χ3v) is 4.00. The SMILES string of the molecule is CCSc1cccc(N(CC)CCCO)c1C(N)=S. The van der Waals surface area contributed by atoms with E-state index < -0.39 is 0 Å². The molecule has 0 saturated carbocycles. The van der Waals surface area contributed by atoms with E-state index in [2.05, 4.69) is 30.9 Å².